The van der Waals surface area contributed by atoms with Crippen LogP contribution in [-0.2, 0) is 9.84 Å². The van der Waals surface area contributed by atoms with Gasteiger partial charge in [0.2, 0.25) is 0 Å². The first-order valence-corrected chi connectivity index (χ1v) is 10.2. The van der Waals surface area contributed by atoms with Gasteiger partial charge in [0.05, 0.1) is 11.2 Å². The number of halogens is 1. The number of sulfone groups is 1. The van der Waals surface area contributed by atoms with Crippen LogP contribution >= 0.6 is 11.6 Å². The second kappa shape index (κ2) is 7.98. The lowest BCUT2D eigenvalue weighted by atomic mass is 10.2. The molecule has 27 heavy (non-hydrogen) atoms. The van der Waals surface area contributed by atoms with Crippen molar-refractivity contribution < 1.29 is 17.6 Å². The average Bonchev–Trinajstić information content (AvgIpc) is 3.16. The molecule has 0 aliphatic carbocycles. The smallest absolute Gasteiger partial charge is 0.251 e. The Kier molecular flexibility index (Phi) is 5.68. The van der Waals surface area contributed by atoms with Crippen LogP contribution in [0.4, 0.5) is 0 Å². The summed E-state index contributed by atoms with van der Waals surface area (Å²) in [4.78, 5) is 12.5. The van der Waals surface area contributed by atoms with Crippen molar-refractivity contribution in [2.45, 2.75) is 17.1 Å². The summed E-state index contributed by atoms with van der Waals surface area (Å²) >= 11 is 5.83. The number of furan rings is 1. The Hall–Kier alpha value is -2.57. The Morgan fingerprint density at radius 2 is 1.74 bits per heavy atom. The van der Waals surface area contributed by atoms with Crippen LogP contribution in [0.2, 0.25) is 5.02 Å². The normalized spacial score (nSPS) is 12.5. The molecule has 0 saturated carbocycles. The van der Waals surface area contributed by atoms with E-state index in [0.717, 1.165) is 5.56 Å². The maximum absolute atomic E-state index is 13.1. The number of carbonyl (C=O) groups excluding carboxylic acids is 1. The van der Waals surface area contributed by atoms with E-state index in [0.29, 0.717) is 10.6 Å². The number of carbonyl (C=O) groups is 1. The van der Waals surface area contributed by atoms with E-state index in [1.807, 2.05) is 6.92 Å². The van der Waals surface area contributed by atoms with Crippen molar-refractivity contribution in [3.05, 3.63) is 88.8 Å². The van der Waals surface area contributed by atoms with Gasteiger partial charge in [0.25, 0.3) is 5.91 Å². The Labute approximate surface area is 162 Å². The van der Waals surface area contributed by atoms with Crippen molar-refractivity contribution in [3.8, 4) is 0 Å². The topological polar surface area (TPSA) is 76.4 Å². The first kappa shape index (κ1) is 19.2. The molecule has 5 nitrogen and oxygen atoms in total. The second-order valence-electron chi connectivity index (χ2n) is 6.08. The number of hydrogen-bond acceptors (Lipinski definition) is 4. The molecule has 1 atom stereocenters. The first-order valence-electron chi connectivity index (χ1n) is 8.25. The molecule has 1 heterocycles. The van der Waals surface area contributed by atoms with Gasteiger partial charge in [-0.3, -0.25) is 4.79 Å². The monoisotopic (exact) mass is 403 g/mol. The van der Waals surface area contributed by atoms with E-state index in [9.17, 15) is 13.2 Å². The molecule has 3 aromatic rings. The van der Waals surface area contributed by atoms with Gasteiger partial charge in [-0.2, -0.15) is 0 Å². The van der Waals surface area contributed by atoms with E-state index in [1.54, 1.807) is 60.7 Å². The zero-order valence-electron chi connectivity index (χ0n) is 14.6. The molecule has 0 spiro atoms. The predicted octanol–water partition coefficient (Wildman–Crippen LogP) is 4.19. The predicted molar refractivity (Wildman–Crippen MR) is 104 cm³/mol. The highest BCUT2D eigenvalue weighted by molar-refractivity contribution is 7.91. The summed E-state index contributed by atoms with van der Waals surface area (Å²) in [6, 6.07) is 16.1. The first-order chi connectivity index (χ1) is 12.9. The molecular weight excluding hydrogens is 386 g/mol. The zero-order valence-corrected chi connectivity index (χ0v) is 16.1. The molecule has 1 unspecified atom stereocenters. The van der Waals surface area contributed by atoms with Gasteiger partial charge < -0.3 is 9.73 Å². The highest BCUT2D eigenvalue weighted by atomic mass is 35.5. The third-order valence-corrected chi connectivity index (χ3v) is 6.47. The van der Waals surface area contributed by atoms with Crippen LogP contribution in [0.15, 0.2) is 76.2 Å². The molecule has 1 N–H and O–H groups in total. The zero-order chi connectivity index (χ0) is 19.4. The molecule has 3 rings (SSSR count). The van der Waals surface area contributed by atoms with Crippen LogP contribution < -0.4 is 5.32 Å². The molecule has 140 valence electrons. The molecule has 0 aliphatic rings. The van der Waals surface area contributed by atoms with Crippen molar-refractivity contribution in [2.24, 2.45) is 0 Å². The third-order valence-electron chi connectivity index (χ3n) is 4.14. The highest BCUT2D eigenvalue weighted by Gasteiger charge is 2.31. The van der Waals surface area contributed by atoms with Crippen molar-refractivity contribution in [3.63, 3.8) is 0 Å². The summed E-state index contributed by atoms with van der Waals surface area (Å²) in [5, 5.41) is 2.15. The standard InChI is InChI=1S/C20H18ClNO4S/c1-14-4-10-17(11-5-14)27(24,25)19(18-3-2-12-26-18)13-22-20(23)15-6-8-16(21)9-7-15/h2-12,19H,13H2,1H3,(H,22,23). The maximum Gasteiger partial charge on any atom is 0.251 e. The van der Waals surface area contributed by atoms with E-state index >= 15 is 0 Å². The second-order valence-corrected chi connectivity index (χ2v) is 8.65. The van der Waals surface area contributed by atoms with Gasteiger partial charge in [0.1, 0.15) is 11.0 Å². The molecule has 0 aliphatic heterocycles. The largest absolute Gasteiger partial charge is 0.468 e. The Morgan fingerprint density at radius 1 is 1.07 bits per heavy atom. The van der Waals surface area contributed by atoms with E-state index < -0.39 is 15.1 Å². The van der Waals surface area contributed by atoms with Gasteiger partial charge in [-0.05, 0) is 55.5 Å². The lowest BCUT2D eigenvalue weighted by Crippen LogP contribution is -2.31. The van der Waals surface area contributed by atoms with Crippen LogP contribution in [0.5, 0.6) is 0 Å². The summed E-state index contributed by atoms with van der Waals surface area (Å²) in [6.45, 7) is 1.76. The molecule has 0 saturated heterocycles. The lowest BCUT2D eigenvalue weighted by molar-refractivity contribution is 0.0953. The van der Waals surface area contributed by atoms with Crippen molar-refractivity contribution in [2.75, 3.05) is 6.54 Å². The average molecular weight is 404 g/mol. The minimum absolute atomic E-state index is 0.120. The minimum Gasteiger partial charge on any atom is -0.468 e. The van der Waals surface area contributed by atoms with E-state index in [4.69, 9.17) is 16.0 Å². The summed E-state index contributed by atoms with van der Waals surface area (Å²) < 4.78 is 31.5. The van der Waals surface area contributed by atoms with Gasteiger partial charge in [0, 0.05) is 17.1 Å². The van der Waals surface area contributed by atoms with E-state index in [1.165, 1.54) is 6.26 Å². The van der Waals surface area contributed by atoms with Crippen molar-refractivity contribution in [1.29, 1.82) is 0 Å². The number of hydrogen-bond donors (Lipinski definition) is 1. The summed E-state index contributed by atoms with van der Waals surface area (Å²) in [7, 11) is -3.75. The van der Waals surface area contributed by atoms with Crippen LogP contribution in [-0.4, -0.2) is 20.9 Å². The number of nitrogens with one attached hydrogen (secondary N) is 1. The molecule has 0 fully saturated rings. The fourth-order valence-corrected chi connectivity index (χ4v) is 4.33. The Balaban J connectivity index is 1.85. The fourth-order valence-electron chi connectivity index (χ4n) is 2.62. The van der Waals surface area contributed by atoms with E-state index in [-0.39, 0.29) is 23.1 Å². The molecular formula is C20H18ClNO4S. The van der Waals surface area contributed by atoms with E-state index in [2.05, 4.69) is 5.32 Å². The van der Waals surface area contributed by atoms with Crippen LogP contribution in [0, 0.1) is 6.92 Å². The Bertz CT molecular complexity index is 1010. The summed E-state index contributed by atoms with van der Waals surface area (Å²) in [5.74, 6) is -0.116. The molecule has 1 aromatic heterocycles. The number of aryl methyl sites for hydroxylation is 1. The van der Waals surface area contributed by atoms with Crippen LogP contribution in [0.25, 0.3) is 0 Å². The number of benzene rings is 2. The minimum atomic E-state index is -3.75. The third kappa shape index (κ3) is 4.40. The quantitative estimate of drug-likeness (QED) is 0.669. The van der Waals surface area contributed by atoms with Gasteiger partial charge in [-0.1, -0.05) is 29.3 Å². The molecule has 7 heteroatoms. The molecule has 1 amide bonds. The number of amides is 1. The van der Waals surface area contributed by atoms with Gasteiger partial charge in [-0.25, -0.2) is 8.42 Å². The molecule has 0 radical (unpaired) electrons. The SMILES string of the molecule is Cc1ccc(S(=O)(=O)C(CNC(=O)c2ccc(Cl)cc2)c2ccco2)cc1. The molecule has 0 bridgehead atoms. The van der Waals surface area contributed by atoms with Gasteiger partial charge >= 0.3 is 0 Å². The van der Waals surface area contributed by atoms with Crippen LogP contribution in [0.1, 0.15) is 26.9 Å². The van der Waals surface area contributed by atoms with Gasteiger partial charge in [-0.15, -0.1) is 0 Å². The van der Waals surface area contributed by atoms with Crippen molar-refractivity contribution in [1.82, 2.24) is 5.32 Å². The summed E-state index contributed by atoms with van der Waals surface area (Å²) in [6.07, 6.45) is 1.41. The van der Waals surface area contributed by atoms with Crippen molar-refractivity contribution >= 4 is 27.3 Å². The Morgan fingerprint density at radius 3 is 2.33 bits per heavy atom. The number of rotatable bonds is 6. The molecule has 2 aromatic carbocycles. The highest BCUT2D eigenvalue weighted by Crippen LogP contribution is 2.29. The van der Waals surface area contributed by atoms with Crippen LogP contribution in [0.3, 0.4) is 0 Å². The van der Waals surface area contributed by atoms with Gasteiger partial charge in [0.15, 0.2) is 9.84 Å². The summed E-state index contributed by atoms with van der Waals surface area (Å²) in [5.41, 5.74) is 1.35. The lowest BCUT2D eigenvalue weighted by Gasteiger charge is -2.17. The maximum atomic E-state index is 13.1. The fraction of sp³-hybridized carbons (Fsp3) is 0.150.